The third-order valence-electron chi connectivity index (χ3n) is 3.47. The van der Waals surface area contributed by atoms with Crippen molar-refractivity contribution in [1.82, 2.24) is 14.3 Å². The third kappa shape index (κ3) is 2.31. The molecule has 0 saturated carbocycles. The van der Waals surface area contributed by atoms with Gasteiger partial charge in [-0.3, -0.25) is 0 Å². The first kappa shape index (κ1) is 13.4. The van der Waals surface area contributed by atoms with Gasteiger partial charge in [0.1, 0.15) is 0 Å². The quantitative estimate of drug-likeness (QED) is 0.800. The number of hydrogen-bond acceptors (Lipinski definition) is 3. The number of aromatic nitrogens is 3. The molecule has 21 heavy (non-hydrogen) atoms. The van der Waals surface area contributed by atoms with E-state index in [1.165, 1.54) is 4.68 Å². The minimum atomic E-state index is -0.148. The molecule has 0 atom stereocenters. The van der Waals surface area contributed by atoms with Crippen molar-refractivity contribution in [2.45, 2.75) is 13.3 Å². The van der Waals surface area contributed by atoms with Crippen LogP contribution in [0.2, 0.25) is 0 Å². The van der Waals surface area contributed by atoms with E-state index < -0.39 is 0 Å². The summed E-state index contributed by atoms with van der Waals surface area (Å²) in [6.45, 7) is 2.86. The number of nitrogens with one attached hydrogen (secondary N) is 1. The van der Waals surface area contributed by atoms with Crippen LogP contribution in [0.5, 0.6) is 0 Å². The summed E-state index contributed by atoms with van der Waals surface area (Å²) in [6, 6.07) is 14.0. The number of benzene rings is 2. The van der Waals surface area contributed by atoms with Gasteiger partial charge in [0.05, 0.1) is 5.69 Å². The van der Waals surface area contributed by atoms with Crippen LogP contribution in [0.3, 0.4) is 0 Å². The predicted octanol–water partition coefficient (Wildman–Crippen LogP) is 2.55. The van der Waals surface area contributed by atoms with Crippen LogP contribution in [-0.4, -0.2) is 20.9 Å². The Morgan fingerprint density at radius 1 is 1.14 bits per heavy atom. The summed E-state index contributed by atoms with van der Waals surface area (Å²) in [6.07, 6.45) is 0.973. The molecule has 108 valence electrons. The maximum absolute atomic E-state index is 12.4. The van der Waals surface area contributed by atoms with E-state index in [1.54, 1.807) is 11.6 Å². The minimum Gasteiger partial charge on any atom is -0.354 e. The van der Waals surface area contributed by atoms with E-state index in [9.17, 15) is 4.79 Å². The smallest absolute Gasteiger partial charge is 0.351 e. The van der Waals surface area contributed by atoms with Crippen LogP contribution in [0.1, 0.15) is 13.3 Å². The van der Waals surface area contributed by atoms with E-state index in [2.05, 4.69) is 17.3 Å². The third-order valence-corrected chi connectivity index (χ3v) is 3.47. The molecule has 0 saturated heterocycles. The largest absolute Gasteiger partial charge is 0.354 e. The number of aryl methyl sites for hydroxylation is 1. The van der Waals surface area contributed by atoms with Gasteiger partial charge < -0.3 is 5.32 Å². The molecule has 1 N–H and O–H groups in total. The summed E-state index contributed by atoms with van der Waals surface area (Å²) < 4.78 is 3.00. The van der Waals surface area contributed by atoms with Gasteiger partial charge >= 0.3 is 5.69 Å². The molecular formula is C16H18N4O. The van der Waals surface area contributed by atoms with Crippen molar-refractivity contribution in [3.63, 3.8) is 0 Å². The highest BCUT2D eigenvalue weighted by atomic mass is 16.2. The Kier molecular flexibility index (Phi) is 3.48. The zero-order valence-electron chi connectivity index (χ0n) is 12.2. The molecule has 5 nitrogen and oxygen atoms in total. The van der Waals surface area contributed by atoms with E-state index >= 15 is 0 Å². The van der Waals surface area contributed by atoms with Gasteiger partial charge in [-0.15, -0.1) is 5.10 Å². The summed E-state index contributed by atoms with van der Waals surface area (Å²) in [4.78, 5) is 12.4. The van der Waals surface area contributed by atoms with Crippen LogP contribution in [0.25, 0.3) is 16.5 Å². The Morgan fingerprint density at radius 2 is 1.90 bits per heavy atom. The monoisotopic (exact) mass is 282 g/mol. The molecule has 1 heterocycles. The standard InChI is InChI=1S/C16H18N4O/c1-3-11-17-15-18-19(2)16(21)20(15)14-10-6-8-12-7-4-5-9-13(12)14/h4-10H,3,11H2,1-2H3,(H,17,18). The maximum Gasteiger partial charge on any atom is 0.351 e. The Labute approximate surface area is 122 Å². The molecule has 0 aliphatic carbocycles. The number of fused-ring (bicyclic) bond motifs is 1. The molecule has 0 spiro atoms. The average Bonchev–Trinajstić information content (AvgIpc) is 2.79. The van der Waals surface area contributed by atoms with Crippen molar-refractivity contribution < 1.29 is 0 Å². The highest BCUT2D eigenvalue weighted by molar-refractivity contribution is 5.90. The van der Waals surface area contributed by atoms with E-state index in [0.717, 1.165) is 29.4 Å². The molecule has 1 aromatic heterocycles. The first-order valence-electron chi connectivity index (χ1n) is 7.10. The molecule has 0 fully saturated rings. The van der Waals surface area contributed by atoms with Gasteiger partial charge in [-0.05, 0) is 17.9 Å². The van der Waals surface area contributed by atoms with Gasteiger partial charge in [0, 0.05) is 19.0 Å². The lowest BCUT2D eigenvalue weighted by Gasteiger charge is -2.10. The SMILES string of the molecule is CCCNc1nn(C)c(=O)n1-c1cccc2ccccc12. The summed E-state index contributed by atoms with van der Waals surface area (Å²) >= 11 is 0. The van der Waals surface area contributed by atoms with Gasteiger partial charge in [-0.1, -0.05) is 43.3 Å². The van der Waals surface area contributed by atoms with E-state index in [4.69, 9.17) is 0 Å². The summed E-state index contributed by atoms with van der Waals surface area (Å²) in [7, 11) is 1.67. The van der Waals surface area contributed by atoms with Crippen LogP contribution in [0.4, 0.5) is 5.95 Å². The summed E-state index contributed by atoms with van der Waals surface area (Å²) in [5.41, 5.74) is 0.703. The van der Waals surface area contributed by atoms with Gasteiger partial charge in [0.15, 0.2) is 0 Å². The number of anilines is 1. The topological polar surface area (TPSA) is 51.9 Å². The average molecular weight is 282 g/mol. The maximum atomic E-state index is 12.4. The van der Waals surface area contributed by atoms with Crippen molar-refractivity contribution >= 4 is 16.7 Å². The molecule has 0 unspecified atom stereocenters. The van der Waals surface area contributed by atoms with Gasteiger partial charge in [0.2, 0.25) is 5.95 Å². The molecule has 0 radical (unpaired) electrons. The van der Waals surface area contributed by atoms with Crippen molar-refractivity contribution in [1.29, 1.82) is 0 Å². The zero-order valence-corrected chi connectivity index (χ0v) is 12.2. The Morgan fingerprint density at radius 3 is 2.71 bits per heavy atom. The first-order chi connectivity index (χ1) is 10.2. The summed E-state index contributed by atoms with van der Waals surface area (Å²) in [5.74, 6) is 0.584. The molecule has 0 aliphatic rings. The lowest BCUT2D eigenvalue weighted by Crippen LogP contribution is -2.22. The van der Waals surface area contributed by atoms with Gasteiger partial charge in [0.25, 0.3) is 0 Å². The van der Waals surface area contributed by atoms with Gasteiger partial charge in [-0.25, -0.2) is 14.0 Å². The molecule has 0 amide bonds. The number of nitrogens with zero attached hydrogens (tertiary/aromatic N) is 3. The number of hydrogen-bond donors (Lipinski definition) is 1. The second kappa shape index (κ2) is 5.44. The Bertz CT molecular complexity index is 826. The van der Waals surface area contributed by atoms with Crippen molar-refractivity contribution in [3.8, 4) is 5.69 Å². The number of rotatable bonds is 4. The Balaban J connectivity index is 2.25. The lowest BCUT2D eigenvalue weighted by atomic mass is 10.1. The fourth-order valence-corrected chi connectivity index (χ4v) is 2.44. The molecule has 3 aromatic rings. The Hall–Kier alpha value is -2.56. The second-order valence-electron chi connectivity index (χ2n) is 4.99. The van der Waals surface area contributed by atoms with Crippen molar-refractivity contribution in [2.75, 3.05) is 11.9 Å². The molecule has 0 bridgehead atoms. The van der Waals surface area contributed by atoms with Crippen molar-refractivity contribution in [3.05, 3.63) is 52.9 Å². The van der Waals surface area contributed by atoms with Crippen LogP contribution >= 0.6 is 0 Å². The van der Waals surface area contributed by atoms with Crippen LogP contribution < -0.4 is 11.0 Å². The zero-order chi connectivity index (χ0) is 14.8. The molecule has 2 aromatic carbocycles. The van der Waals surface area contributed by atoms with Crippen LogP contribution in [0, 0.1) is 0 Å². The lowest BCUT2D eigenvalue weighted by molar-refractivity contribution is 0.726. The first-order valence-corrected chi connectivity index (χ1v) is 7.10. The second-order valence-corrected chi connectivity index (χ2v) is 4.99. The predicted molar refractivity (Wildman–Crippen MR) is 85.1 cm³/mol. The molecule has 5 heteroatoms. The van der Waals surface area contributed by atoms with Crippen LogP contribution in [0.15, 0.2) is 47.3 Å². The minimum absolute atomic E-state index is 0.148. The van der Waals surface area contributed by atoms with Crippen LogP contribution in [-0.2, 0) is 7.05 Å². The van der Waals surface area contributed by atoms with E-state index in [-0.39, 0.29) is 5.69 Å². The van der Waals surface area contributed by atoms with E-state index in [0.29, 0.717) is 5.95 Å². The fraction of sp³-hybridized carbons (Fsp3) is 0.250. The summed E-state index contributed by atoms with van der Waals surface area (Å²) in [5, 5.41) is 9.65. The van der Waals surface area contributed by atoms with Gasteiger partial charge in [-0.2, -0.15) is 0 Å². The highest BCUT2D eigenvalue weighted by Gasteiger charge is 2.14. The normalized spacial score (nSPS) is 11.0. The highest BCUT2D eigenvalue weighted by Crippen LogP contribution is 2.23. The molecule has 3 rings (SSSR count). The fourth-order valence-electron chi connectivity index (χ4n) is 2.44. The molecule has 0 aliphatic heterocycles. The van der Waals surface area contributed by atoms with Crippen molar-refractivity contribution in [2.24, 2.45) is 7.05 Å². The molecular weight excluding hydrogens is 264 g/mol. The van der Waals surface area contributed by atoms with E-state index in [1.807, 2.05) is 42.5 Å².